The Morgan fingerprint density at radius 2 is 1.94 bits per heavy atom. The van der Waals surface area contributed by atoms with Gasteiger partial charge in [-0.2, -0.15) is 4.31 Å². The molecular weight excluding hydrogens is 240 g/mol. The lowest BCUT2D eigenvalue weighted by Gasteiger charge is -2.29. The molecule has 0 aliphatic carbocycles. The summed E-state index contributed by atoms with van der Waals surface area (Å²) in [6.45, 7) is 7.50. The smallest absolute Gasteiger partial charge is 0.217 e. The molecule has 1 aliphatic rings. The molecule has 6 heteroatoms. The molecule has 0 radical (unpaired) electrons. The van der Waals surface area contributed by atoms with E-state index in [1.165, 1.54) is 0 Å². The van der Waals surface area contributed by atoms with Crippen molar-refractivity contribution >= 4 is 10.0 Å². The lowest BCUT2D eigenvalue weighted by Crippen LogP contribution is -2.45. The number of rotatable bonds is 7. The lowest BCUT2D eigenvalue weighted by molar-refractivity contribution is 0.135. The Labute approximate surface area is 105 Å². The zero-order chi connectivity index (χ0) is 12.7. The largest absolute Gasteiger partial charge is 0.380 e. The Morgan fingerprint density at radius 3 is 2.47 bits per heavy atom. The maximum atomic E-state index is 12.4. The Hall–Kier alpha value is -0.170. The first kappa shape index (κ1) is 14.9. The van der Waals surface area contributed by atoms with Gasteiger partial charge in [0.15, 0.2) is 0 Å². The average Bonchev–Trinajstić information content (AvgIpc) is 2.35. The van der Waals surface area contributed by atoms with E-state index in [-0.39, 0.29) is 5.25 Å². The van der Waals surface area contributed by atoms with Gasteiger partial charge in [0, 0.05) is 19.7 Å². The van der Waals surface area contributed by atoms with E-state index in [9.17, 15) is 8.42 Å². The maximum Gasteiger partial charge on any atom is 0.217 e. The van der Waals surface area contributed by atoms with Gasteiger partial charge in [-0.05, 0) is 32.9 Å². The minimum Gasteiger partial charge on any atom is -0.380 e. The number of hydrogen-bond donors (Lipinski definition) is 1. The SMILES string of the molecule is CCOCCN(CC)S(=O)(=O)C1CCNCC1. The number of hydrogen-bond acceptors (Lipinski definition) is 4. The van der Waals surface area contributed by atoms with Crippen molar-refractivity contribution in [3.8, 4) is 0 Å². The van der Waals surface area contributed by atoms with Crippen molar-refractivity contribution < 1.29 is 13.2 Å². The monoisotopic (exact) mass is 264 g/mol. The topological polar surface area (TPSA) is 58.6 Å². The van der Waals surface area contributed by atoms with Crippen LogP contribution in [0.4, 0.5) is 0 Å². The fourth-order valence-electron chi connectivity index (χ4n) is 2.08. The van der Waals surface area contributed by atoms with Gasteiger partial charge in [-0.3, -0.25) is 0 Å². The highest BCUT2D eigenvalue weighted by atomic mass is 32.2. The maximum absolute atomic E-state index is 12.4. The van der Waals surface area contributed by atoms with Gasteiger partial charge in [0.1, 0.15) is 0 Å². The standard InChI is InChI=1S/C11H24N2O3S/c1-3-13(9-10-16-4-2)17(14,15)11-5-7-12-8-6-11/h11-12H,3-10H2,1-2H3. The molecule has 1 fully saturated rings. The van der Waals surface area contributed by atoms with Crippen molar-refractivity contribution in [2.45, 2.75) is 31.9 Å². The Bertz CT molecular complexity index is 300. The molecule has 1 rings (SSSR count). The fourth-order valence-corrected chi connectivity index (χ4v) is 4.02. The van der Waals surface area contributed by atoms with Crippen LogP contribution in [-0.2, 0) is 14.8 Å². The van der Waals surface area contributed by atoms with Gasteiger partial charge in [-0.1, -0.05) is 6.92 Å². The summed E-state index contributed by atoms with van der Waals surface area (Å²) in [4.78, 5) is 0. The van der Waals surface area contributed by atoms with E-state index in [0.29, 0.717) is 39.1 Å². The fraction of sp³-hybridized carbons (Fsp3) is 1.00. The van der Waals surface area contributed by atoms with Crippen LogP contribution in [0.1, 0.15) is 26.7 Å². The second-order valence-electron chi connectivity index (χ2n) is 4.18. The Kier molecular flexibility index (Phi) is 6.40. The zero-order valence-electron chi connectivity index (χ0n) is 10.8. The summed E-state index contributed by atoms with van der Waals surface area (Å²) in [7, 11) is -3.14. The van der Waals surface area contributed by atoms with Crippen LogP contribution in [0.5, 0.6) is 0 Å². The third-order valence-corrected chi connectivity index (χ3v) is 5.58. The highest BCUT2D eigenvalue weighted by molar-refractivity contribution is 7.89. The van der Waals surface area contributed by atoms with Crippen LogP contribution < -0.4 is 5.32 Å². The first-order chi connectivity index (χ1) is 8.12. The Balaban J connectivity index is 2.57. The van der Waals surface area contributed by atoms with Crippen molar-refractivity contribution in [1.82, 2.24) is 9.62 Å². The quantitative estimate of drug-likeness (QED) is 0.677. The Morgan fingerprint density at radius 1 is 1.29 bits per heavy atom. The molecule has 102 valence electrons. The van der Waals surface area contributed by atoms with Gasteiger partial charge in [-0.15, -0.1) is 0 Å². The second-order valence-corrected chi connectivity index (χ2v) is 6.40. The minimum atomic E-state index is -3.14. The lowest BCUT2D eigenvalue weighted by atomic mass is 10.2. The molecule has 0 saturated carbocycles. The number of piperidine rings is 1. The van der Waals surface area contributed by atoms with Crippen molar-refractivity contribution in [2.75, 3.05) is 39.4 Å². The van der Waals surface area contributed by atoms with Gasteiger partial charge < -0.3 is 10.1 Å². The summed E-state index contributed by atoms with van der Waals surface area (Å²) < 4.78 is 31.5. The number of nitrogens with zero attached hydrogens (tertiary/aromatic N) is 1. The molecule has 0 bridgehead atoms. The van der Waals surface area contributed by atoms with Crippen molar-refractivity contribution in [3.05, 3.63) is 0 Å². The van der Waals surface area contributed by atoms with Gasteiger partial charge >= 0.3 is 0 Å². The molecule has 17 heavy (non-hydrogen) atoms. The molecule has 0 amide bonds. The predicted molar refractivity (Wildman–Crippen MR) is 68.6 cm³/mol. The normalized spacial score (nSPS) is 18.8. The third kappa shape index (κ3) is 4.21. The minimum absolute atomic E-state index is 0.217. The summed E-state index contributed by atoms with van der Waals surface area (Å²) in [5, 5.41) is 2.97. The highest BCUT2D eigenvalue weighted by Gasteiger charge is 2.31. The van der Waals surface area contributed by atoms with Crippen molar-refractivity contribution in [3.63, 3.8) is 0 Å². The molecule has 0 spiro atoms. The molecule has 1 heterocycles. The van der Waals surface area contributed by atoms with E-state index in [1.54, 1.807) is 4.31 Å². The van der Waals surface area contributed by atoms with Gasteiger partial charge in [0.2, 0.25) is 10.0 Å². The van der Waals surface area contributed by atoms with E-state index < -0.39 is 10.0 Å². The van der Waals surface area contributed by atoms with Crippen molar-refractivity contribution in [1.29, 1.82) is 0 Å². The molecule has 0 aromatic heterocycles. The second kappa shape index (κ2) is 7.31. The number of sulfonamides is 1. The van der Waals surface area contributed by atoms with Crippen LogP contribution in [0, 0.1) is 0 Å². The van der Waals surface area contributed by atoms with Gasteiger partial charge in [-0.25, -0.2) is 8.42 Å². The van der Waals surface area contributed by atoms with Crippen LogP contribution in [-0.4, -0.2) is 57.4 Å². The van der Waals surface area contributed by atoms with Gasteiger partial charge in [0.25, 0.3) is 0 Å². The van der Waals surface area contributed by atoms with E-state index in [2.05, 4.69) is 5.32 Å². The highest BCUT2D eigenvalue weighted by Crippen LogP contribution is 2.17. The average molecular weight is 264 g/mol. The summed E-state index contributed by atoms with van der Waals surface area (Å²) >= 11 is 0. The van der Waals surface area contributed by atoms with Crippen LogP contribution in [0.25, 0.3) is 0 Å². The first-order valence-electron chi connectivity index (χ1n) is 6.40. The van der Waals surface area contributed by atoms with Gasteiger partial charge in [0.05, 0.1) is 11.9 Å². The van der Waals surface area contributed by atoms with Crippen LogP contribution in [0.15, 0.2) is 0 Å². The van der Waals surface area contributed by atoms with E-state index in [1.807, 2.05) is 13.8 Å². The van der Waals surface area contributed by atoms with Crippen LogP contribution in [0.2, 0.25) is 0 Å². The third-order valence-electron chi connectivity index (χ3n) is 3.11. The molecule has 5 nitrogen and oxygen atoms in total. The van der Waals surface area contributed by atoms with E-state index in [4.69, 9.17) is 4.74 Å². The molecule has 1 N–H and O–H groups in total. The van der Waals surface area contributed by atoms with Crippen LogP contribution in [0.3, 0.4) is 0 Å². The molecular formula is C11H24N2O3S. The van der Waals surface area contributed by atoms with Crippen molar-refractivity contribution in [2.24, 2.45) is 0 Å². The summed E-state index contributed by atoms with van der Waals surface area (Å²) in [5.74, 6) is 0. The van der Waals surface area contributed by atoms with E-state index in [0.717, 1.165) is 13.1 Å². The molecule has 0 unspecified atom stereocenters. The summed E-state index contributed by atoms with van der Waals surface area (Å²) in [5.41, 5.74) is 0. The zero-order valence-corrected chi connectivity index (χ0v) is 11.6. The number of nitrogens with one attached hydrogen (secondary N) is 1. The molecule has 0 aromatic carbocycles. The first-order valence-corrected chi connectivity index (χ1v) is 7.90. The summed E-state index contributed by atoms with van der Waals surface area (Å²) in [6.07, 6.45) is 1.43. The predicted octanol–water partition coefficient (Wildman–Crippen LogP) is 0.427. The molecule has 0 aromatic rings. The van der Waals surface area contributed by atoms with E-state index >= 15 is 0 Å². The molecule has 1 saturated heterocycles. The molecule has 1 aliphatic heterocycles. The number of ether oxygens (including phenoxy) is 1. The molecule has 0 atom stereocenters. The number of likely N-dealkylation sites (N-methyl/N-ethyl adjacent to an activating group) is 1. The summed E-state index contributed by atoms with van der Waals surface area (Å²) in [6, 6.07) is 0. The van der Waals surface area contributed by atoms with Crippen LogP contribution >= 0.6 is 0 Å².